The van der Waals surface area contributed by atoms with Gasteiger partial charge in [-0.15, -0.1) is 10.2 Å². The number of hydrogen-bond donors (Lipinski definition) is 1. The van der Waals surface area contributed by atoms with Crippen LogP contribution in [0.25, 0.3) is 0 Å². The zero-order valence-electron chi connectivity index (χ0n) is 11.1. The van der Waals surface area contributed by atoms with Gasteiger partial charge in [-0.25, -0.2) is 0 Å². The van der Waals surface area contributed by atoms with Crippen LogP contribution in [0.3, 0.4) is 0 Å². The molecule has 0 fully saturated rings. The Hall–Kier alpha value is -0.910. The van der Waals surface area contributed by atoms with Crippen molar-refractivity contribution in [3.63, 3.8) is 0 Å². The molecular formula is C12H18Cl2N4O. The predicted molar refractivity (Wildman–Crippen MR) is 76.8 cm³/mol. The Morgan fingerprint density at radius 3 is 2.63 bits per heavy atom. The molecule has 0 saturated heterocycles. The first-order chi connectivity index (χ1) is 9.08. The topological polar surface area (TPSA) is 58.1 Å². The van der Waals surface area contributed by atoms with E-state index in [9.17, 15) is 4.79 Å². The number of carbonyl (C=O) groups excluding carboxylic acids is 1. The second kappa shape index (κ2) is 8.30. The van der Waals surface area contributed by atoms with E-state index < -0.39 is 0 Å². The molecule has 106 valence electrons. The van der Waals surface area contributed by atoms with Gasteiger partial charge in [0.2, 0.25) is 0 Å². The zero-order valence-corrected chi connectivity index (χ0v) is 12.6. The molecule has 1 N–H and O–H groups in total. The smallest absolute Gasteiger partial charge is 0.254 e. The third-order valence-electron chi connectivity index (χ3n) is 2.79. The Morgan fingerprint density at radius 2 is 2.00 bits per heavy atom. The lowest BCUT2D eigenvalue weighted by atomic mass is 10.3. The number of halogens is 2. The van der Waals surface area contributed by atoms with Crippen LogP contribution in [0.5, 0.6) is 0 Å². The Morgan fingerprint density at radius 1 is 1.32 bits per heavy atom. The van der Waals surface area contributed by atoms with Crippen molar-refractivity contribution in [2.75, 3.05) is 26.2 Å². The van der Waals surface area contributed by atoms with Gasteiger partial charge in [-0.3, -0.25) is 4.79 Å². The second-order valence-electron chi connectivity index (χ2n) is 4.01. The molecule has 0 bridgehead atoms. The summed E-state index contributed by atoms with van der Waals surface area (Å²) in [6.45, 7) is 7.81. The summed E-state index contributed by atoms with van der Waals surface area (Å²) >= 11 is 11.5. The lowest BCUT2D eigenvalue weighted by Crippen LogP contribution is -2.30. The minimum Gasteiger partial charge on any atom is -0.352 e. The van der Waals surface area contributed by atoms with Gasteiger partial charge in [0, 0.05) is 6.54 Å². The van der Waals surface area contributed by atoms with Gasteiger partial charge in [-0.1, -0.05) is 37.0 Å². The highest BCUT2D eigenvalue weighted by molar-refractivity contribution is 6.34. The van der Waals surface area contributed by atoms with Gasteiger partial charge in [0.05, 0.1) is 5.56 Å². The Balaban J connectivity index is 2.41. The molecule has 19 heavy (non-hydrogen) atoms. The monoisotopic (exact) mass is 304 g/mol. The van der Waals surface area contributed by atoms with Crippen LogP contribution < -0.4 is 5.32 Å². The summed E-state index contributed by atoms with van der Waals surface area (Å²) in [6.07, 6.45) is 0.886. The standard InChI is InChI=1S/C12H18Cl2N4O/c1-3-18(4-2)7-5-6-15-12(19)9-8-10(13)16-17-11(9)14/h8H,3-7H2,1-2H3,(H,15,19). The van der Waals surface area contributed by atoms with Crippen molar-refractivity contribution in [2.24, 2.45) is 0 Å². The summed E-state index contributed by atoms with van der Waals surface area (Å²) in [5, 5.41) is 10.2. The second-order valence-corrected chi connectivity index (χ2v) is 4.75. The summed E-state index contributed by atoms with van der Waals surface area (Å²) in [6, 6.07) is 1.41. The normalized spacial score (nSPS) is 10.8. The van der Waals surface area contributed by atoms with E-state index in [1.54, 1.807) is 0 Å². The summed E-state index contributed by atoms with van der Waals surface area (Å²) in [4.78, 5) is 14.2. The largest absolute Gasteiger partial charge is 0.352 e. The maximum absolute atomic E-state index is 11.9. The van der Waals surface area contributed by atoms with E-state index in [4.69, 9.17) is 23.2 Å². The molecule has 1 amide bonds. The lowest BCUT2D eigenvalue weighted by molar-refractivity contribution is 0.0951. The van der Waals surface area contributed by atoms with Gasteiger partial charge < -0.3 is 10.2 Å². The molecule has 0 unspecified atom stereocenters. The molecule has 1 aromatic rings. The van der Waals surface area contributed by atoms with Crippen LogP contribution in [0, 0.1) is 0 Å². The highest BCUT2D eigenvalue weighted by Gasteiger charge is 2.12. The van der Waals surface area contributed by atoms with Gasteiger partial charge in [0.1, 0.15) is 0 Å². The quantitative estimate of drug-likeness (QED) is 0.785. The fourth-order valence-electron chi connectivity index (χ4n) is 1.65. The van der Waals surface area contributed by atoms with E-state index in [-0.39, 0.29) is 21.8 Å². The molecule has 0 aliphatic heterocycles. The highest BCUT2D eigenvalue weighted by atomic mass is 35.5. The average molecular weight is 305 g/mol. The van der Waals surface area contributed by atoms with Crippen molar-refractivity contribution < 1.29 is 4.79 Å². The van der Waals surface area contributed by atoms with Crippen LogP contribution in [0.2, 0.25) is 10.3 Å². The van der Waals surface area contributed by atoms with Crippen LogP contribution in [-0.2, 0) is 0 Å². The Kier molecular flexibility index (Phi) is 7.05. The highest BCUT2D eigenvalue weighted by Crippen LogP contribution is 2.14. The first-order valence-corrected chi connectivity index (χ1v) is 7.03. The van der Waals surface area contributed by atoms with E-state index in [0.717, 1.165) is 26.1 Å². The first-order valence-electron chi connectivity index (χ1n) is 6.27. The molecule has 7 heteroatoms. The fourth-order valence-corrected chi connectivity index (χ4v) is 1.98. The third-order valence-corrected chi connectivity index (χ3v) is 3.26. The molecule has 0 aliphatic rings. The molecule has 0 atom stereocenters. The van der Waals surface area contributed by atoms with Crippen LogP contribution in [-0.4, -0.2) is 47.2 Å². The SMILES string of the molecule is CCN(CC)CCCNC(=O)c1cc(Cl)nnc1Cl. The van der Waals surface area contributed by atoms with Gasteiger partial charge in [0.25, 0.3) is 5.91 Å². The Labute approximate surface area is 123 Å². The van der Waals surface area contributed by atoms with Crippen molar-refractivity contribution in [1.29, 1.82) is 0 Å². The van der Waals surface area contributed by atoms with E-state index in [0.29, 0.717) is 6.54 Å². The molecule has 0 saturated carbocycles. The molecule has 0 aliphatic carbocycles. The fraction of sp³-hybridized carbons (Fsp3) is 0.583. The van der Waals surface area contributed by atoms with Crippen LogP contribution >= 0.6 is 23.2 Å². The number of hydrogen-bond acceptors (Lipinski definition) is 4. The maximum atomic E-state index is 11.9. The molecule has 5 nitrogen and oxygen atoms in total. The summed E-state index contributed by atoms with van der Waals surface area (Å²) in [5.74, 6) is -0.277. The number of nitrogens with zero attached hydrogens (tertiary/aromatic N) is 3. The van der Waals surface area contributed by atoms with Crippen LogP contribution in [0.15, 0.2) is 6.07 Å². The van der Waals surface area contributed by atoms with Crippen molar-refractivity contribution in [3.05, 3.63) is 21.9 Å². The molecule has 0 radical (unpaired) electrons. The summed E-state index contributed by atoms with van der Waals surface area (Å²) in [7, 11) is 0. The van der Waals surface area contributed by atoms with Gasteiger partial charge in [0.15, 0.2) is 10.3 Å². The third kappa shape index (κ3) is 5.30. The number of carbonyl (C=O) groups is 1. The van der Waals surface area contributed by atoms with Crippen LogP contribution in [0.4, 0.5) is 0 Å². The number of aromatic nitrogens is 2. The lowest BCUT2D eigenvalue weighted by Gasteiger charge is -2.17. The van der Waals surface area contributed by atoms with Crippen molar-refractivity contribution >= 4 is 29.1 Å². The molecule has 1 rings (SSSR count). The summed E-state index contributed by atoms with van der Waals surface area (Å²) < 4.78 is 0. The van der Waals surface area contributed by atoms with E-state index in [1.165, 1.54) is 6.07 Å². The predicted octanol–water partition coefficient (Wildman–Crippen LogP) is 2.25. The number of nitrogens with one attached hydrogen (secondary N) is 1. The van der Waals surface area contributed by atoms with E-state index in [2.05, 4.69) is 34.3 Å². The Bertz CT molecular complexity index is 424. The van der Waals surface area contributed by atoms with Crippen molar-refractivity contribution in [3.8, 4) is 0 Å². The number of amides is 1. The minimum atomic E-state index is -0.277. The van der Waals surface area contributed by atoms with Gasteiger partial charge >= 0.3 is 0 Å². The molecule has 0 spiro atoms. The van der Waals surface area contributed by atoms with Crippen molar-refractivity contribution in [1.82, 2.24) is 20.4 Å². The van der Waals surface area contributed by atoms with Gasteiger partial charge in [-0.05, 0) is 32.1 Å². The molecule has 1 aromatic heterocycles. The minimum absolute atomic E-state index is 0.0608. The summed E-state index contributed by atoms with van der Waals surface area (Å²) in [5.41, 5.74) is 0.254. The molecule has 0 aromatic carbocycles. The molecular weight excluding hydrogens is 287 g/mol. The van der Waals surface area contributed by atoms with Gasteiger partial charge in [-0.2, -0.15) is 0 Å². The maximum Gasteiger partial charge on any atom is 0.254 e. The number of rotatable bonds is 7. The average Bonchev–Trinajstić information content (AvgIpc) is 2.41. The van der Waals surface area contributed by atoms with E-state index in [1.807, 2.05) is 0 Å². The molecule has 1 heterocycles. The van der Waals surface area contributed by atoms with Crippen LogP contribution in [0.1, 0.15) is 30.6 Å². The van der Waals surface area contributed by atoms with Crippen molar-refractivity contribution in [2.45, 2.75) is 20.3 Å². The first kappa shape index (κ1) is 16.1. The van der Waals surface area contributed by atoms with E-state index >= 15 is 0 Å². The zero-order chi connectivity index (χ0) is 14.3.